The molecule has 3 aromatic carbocycles. The van der Waals surface area contributed by atoms with E-state index in [2.05, 4.69) is 132 Å². The third-order valence-electron chi connectivity index (χ3n) is 16.7. The minimum atomic E-state index is -0.521. The number of anilines is 1. The summed E-state index contributed by atoms with van der Waals surface area (Å²) >= 11 is 0. The molecule has 6 saturated heterocycles. The van der Waals surface area contributed by atoms with Gasteiger partial charge in [0.25, 0.3) is 0 Å². The van der Waals surface area contributed by atoms with Crippen LogP contribution >= 0.6 is 0 Å². The number of hydroxylamine groups is 4. The van der Waals surface area contributed by atoms with E-state index in [4.69, 9.17) is 9.47 Å². The van der Waals surface area contributed by atoms with Crippen LogP contribution in [0.5, 0.6) is 0 Å². The summed E-state index contributed by atoms with van der Waals surface area (Å²) in [6.45, 7) is 25.6. The molecule has 10 nitrogen and oxygen atoms in total. The summed E-state index contributed by atoms with van der Waals surface area (Å²) < 4.78 is 12.9. The number of allylic oxidation sites excluding steroid dienone is 2. The summed E-state index contributed by atoms with van der Waals surface area (Å²) in [4.78, 5) is 33.6. The molecule has 6 aliphatic heterocycles. The SMILES string of the molecule is CC(C)c1ccc2c(=C3CC(C)(C)N(O)C(C)(C)C3)c3cc(N4C(=O)C5C6C=CC(C5C5OC54)C4C6C(=O)N(C(C)C)C5O[C@@H]45)ccc3c(=C3CC(C)(C)N(O)C(C)(C)C3)c2c1. The van der Waals surface area contributed by atoms with E-state index in [1.807, 2.05) is 9.80 Å². The topological polar surface area (TPSA) is 113 Å². The lowest BCUT2D eigenvalue weighted by Gasteiger charge is -2.56. The van der Waals surface area contributed by atoms with Gasteiger partial charge in [-0.3, -0.25) is 14.5 Å². The van der Waals surface area contributed by atoms with Gasteiger partial charge in [0, 0.05) is 51.6 Å². The first kappa shape index (κ1) is 41.1. The molecule has 0 radical (unpaired) electrons. The average molecular weight is 843 g/mol. The van der Waals surface area contributed by atoms with Crippen LogP contribution < -0.4 is 15.3 Å². The number of epoxide rings is 2. The fraction of sp³-hybridized carbons (Fsp3) is 0.615. The first-order valence-electron chi connectivity index (χ1n) is 23.4. The number of ether oxygens (including phenoxy) is 2. The Kier molecular flexibility index (Phi) is 8.62. The smallest absolute Gasteiger partial charge is 0.233 e. The normalized spacial score (nSPS) is 36.4. The second-order valence-electron chi connectivity index (χ2n) is 23.5. The predicted octanol–water partition coefficient (Wildman–Crippen LogP) is 7.83. The lowest BCUT2D eigenvalue weighted by Crippen LogP contribution is -2.65. The highest BCUT2D eigenvalue weighted by Gasteiger charge is 2.74. The van der Waals surface area contributed by atoms with Crippen LogP contribution in [0.1, 0.15) is 120 Å². The lowest BCUT2D eigenvalue weighted by molar-refractivity contribution is -0.228. The number of carbonyl (C=O) groups is 2. The van der Waals surface area contributed by atoms with E-state index in [9.17, 15) is 15.2 Å². The average Bonchev–Trinajstić information content (AvgIpc) is 4.13. The third-order valence-corrected chi connectivity index (χ3v) is 16.7. The molecule has 330 valence electrons. The third kappa shape index (κ3) is 5.62. The summed E-state index contributed by atoms with van der Waals surface area (Å²) in [6, 6.07) is 13.7. The Hall–Kier alpha value is -3.64. The van der Waals surface area contributed by atoms with E-state index < -0.39 is 22.2 Å². The van der Waals surface area contributed by atoms with Crippen molar-refractivity contribution in [2.45, 2.75) is 168 Å². The van der Waals surface area contributed by atoms with Crippen molar-refractivity contribution >= 4 is 50.2 Å². The molecule has 7 fully saturated rings. The zero-order valence-corrected chi connectivity index (χ0v) is 38.7. The molecule has 2 bridgehead atoms. The highest BCUT2D eigenvalue weighted by atomic mass is 16.6. The van der Waals surface area contributed by atoms with Crippen molar-refractivity contribution in [1.82, 2.24) is 15.0 Å². The summed E-state index contributed by atoms with van der Waals surface area (Å²) in [7, 11) is 0. The van der Waals surface area contributed by atoms with E-state index in [1.54, 1.807) is 10.1 Å². The Labute approximate surface area is 366 Å². The van der Waals surface area contributed by atoms with Crippen LogP contribution in [0.3, 0.4) is 0 Å². The van der Waals surface area contributed by atoms with Crippen molar-refractivity contribution in [2.24, 2.45) is 35.5 Å². The molecule has 3 aliphatic carbocycles. The first-order valence-corrected chi connectivity index (χ1v) is 23.4. The standard InChI is InChI=1S/C52H66N4O6/c1-25(2)27-13-15-31-35(19-27)37(28-21-49(5,6)55(59)50(7,8)22-28)32-16-14-30(20-36(32)38(31)29-23-51(9,10)56(60)52(11,12)24-29)54-46(58)42-34-18-17-33(40(42)44-48(54)62-44)39-41(34)45(57)53(26(3)4)47-43(39)61-47/h13-20,25-26,33-34,39-44,47-48,59-60H,21-24H2,1-12H3/t33?,34?,39?,40?,41?,42?,43-,44?,47?,48?/m0/s1. The van der Waals surface area contributed by atoms with Crippen LogP contribution in [0.2, 0.25) is 0 Å². The number of hydrogen-bond donors (Lipinski definition) is 2. The number of benzene rings is 3. The second kappa shape index (κ2) is 13.0. The molecule has 62 heavy (non-hydrogen) atoms. The molecule has 6 heterocycles. The van der Waals surface area contributed by atoms with Gasteiger partial charge in [-0.05, 0) is 156 Å². The number of amides is 2. The monoisotopic (exact) mass is 842 g/mol. The van der Waals surface area contributed by atoms with E-state index in [-0.39, 0.29) is 78.0 Å². The maximum atomic E-state index is 15.4. The molecular weight excluding hydrogens is 777 g/mol. The Balaban J connectivity index is 1.14. The Bertz CT molecular complexity index is 2600. The lowest BCUT2D eigenvalue weighted by atomic mass is 9.49. The summed E-state index contributed by atoms with van der Waals surface area (Å²) in [5, 5.41) is 33.2. The van der Waals surface area contributed by atoms with Crippen molar-refractivity contribution in [1.29, 1.82) is 0 Å². The van der Waals surface area contributed by atoms with Crippen LogP contribution in [-0.2, 0) is 19.1 Å². The van der Waals surface area contributed by atoms with Gasteiger partial charge >= 0.3 is 0 Å². The number of piperidine rings is 4. The highest BCUT2D eigenvalue weighted by Crippen LogP contribution is 2.64. The van der Waals surface area contributed by atoms with Crippen LogP contribution in [0, 0.1) is 35.5 Å². The summed E-state index contributed by atoms with van der Waals surface area (Å²) in [5.41, 5.74) is 2.65. The van der Waals surface area contributed by atoms with Crippen molar-refractivity contribution in [3.63, 3.8) is 0 Å². The molecule has 0 spiro atoms. The largest absolute Gasteiger partial charge is 0.347 e. The van der Waals surface area contributed by atoms with Gasteiger partial charge in [-0.1, -0.05) is 61.4 Å². The number of hydrogen-bond acceptors (Lipinski definition) is 8. The van der Waals surface area contributed by atoms with Gasteiger partial charge in [-0.25, -0.2) is 0 Å². The molecule has 2 N–H and O–H groups in total. The van der Waals surface area contributed by atoms with E-state index in [0.29, 0.717) is 31.6 Å². The number of likely N-dealkylation sites (tertiary alicyclic amines) is 1. The second-order valence-corrected chi connectivity index (χ2v) is 23.5. The summed E-state index contributed by atoms with van der Waals surface area (Å²) in [6.07, 6.45) is 6.61. The summed E-state index contributed by atoms with van der Waals surface area (Å²) in [5.74, 6) is -0.170. The first-order chi connectivity index (χ1) is 29.0. The molecule has 9 unspecified atom stereocenters. The van der Waals surface area contributed by atoms with Crippen molar-refractivity contribution in [3.8, 4) is 0 Å². The quantitative estimate of drug-likeness (QED) is 0.156. The maximum absolute atomic E-state index is 15.4. The van der Waals surface area contributed by atoms with Crippen molar-refractivity contribution in [3.05, 3.63) is 64.6 Å². The molecular formula is C52H66N4O6. The van der Waals surface area contributed by atoms with Crippen molar-refractivity contribution in [2.75, 3.05) is 4.90 Å². The Morgan fingerprint density at radius 1 is 0.597 bits per heavy atom. The predicted molar refractivity (Wildman–Crippen MR) is 241 cm³/mol. The fourth-order valence-electron chi connectivity index (χ4n) is 14.4. The highest BCUT2D eigenvalue weighted by molar-refractivity contribution is 6.06. The zero-order chi connectivity index (χ0) is 44.1. The Morgan fingerprint density at radius 2 is 1.06 bits per heavy atom. The number of fused-ring (bicyclic) bond motifs is 4. The van der Waals surface area contributed by atoms with Crippen molar-refractivity contribution < 1.29 is 29.5 Å². The van der Waals surface area contributed by atoms with Gasteiger partial charge < -0.3 is 24.8 Å². The minimum Gasteiger partial charge on any atom is -0.347 e. The molecule has 12 rings (SSSR count). The molecule has 1 saturated carbocycles. The van der Waals surface area contributed by atoms with Gasteiger partial charge in [-0.2, -0.15) is 10.1 Å². The number of nitrogens with zero attached hydrogens (tertiary/aromatic N) is 4. The number of carbonyl (C=O) groups excluding carboxylic acids is 2. The molecule has 2 amide bonds. The van der Waals surface area contributed by atoms with Gasteiger partial charge in [0.2, 0.25) is 11.8 Å². The van der Waals surface area contributed by atoms with Crippen LogP contribution in [0.25, 0.3) is 32.7 Å². The van der Waals surface area contributed by atoms with Crippen LogP contribution in [0.4, 0.5) is 5.69 Å². The Morgan fingerprint density at radius 3 is 1.60 bits per heavy atom. The fourth-order valence-corrected chi connectivity index (χ4v) is 14.4. The van der Waals surface area contributed by atoms with Crippen LogP contribution in [0.15, 0.2) is 48.6 Å². The van der Waals surface area contributed by atoms with Gasteiger partial charge in [-0.15, -0.1) is 0 Å². The van der Waals surface area contributed by atoms with E-state index >= 15 is 4.79 Å². The van der Waals surface area contributed by atoms with E-state index in [0.717, 1.165) is 16.5 Å². The zero-order valence-electron chi connectivity index (χ0n) is 38.7. The molecule has 10 atom stereocenters. The molecule has 10 heteroatoms. The maximum Gasteiger partial charge on any atom is 0.233 e. The minimum absolute atomic E-state index is 0.0205. The molecule has 3 aromatic rings. The van der Waals surface area contributed by atoms with Crippen LogP contribution in [-0.4, -0.2) is 90.1 Å². The molecule has 0 aromatic heterocycles. The molecule has 9 aliphatic rings. The van der Waals surface area contributed by atoms with Gasteiger partial charge in [0.1, 0.15) is 12.2 Å². The number of rotatable bonds is 3. The van der Waals surface area contributed by atoms with E-state index in [1.165, 1.54) is 37.9 Å². The van der Waals surface area contributed by atoms with Gasteiger partial charge in [0.15, 0.2) is 12.5 Å². The van der Waals surface area contributed by atoms with Gasteiger partial charge in [0.05, 0.1) is 11.8 Å².